The first-order chi connectivity index (χ1) is 8.31. The van der Waals surface area contributed by atoms with Crippen LogP contribution in [-0.4, -0.2) is 0 Å². The molecule has 2 aromatic carbocycles. The van der Waals surface area contributed by atoms with Gasteiger partial charge in [-0.1, -0.05) is 22.5 Å². The van der Waals surface area contributed by atoms with Crippen molar-refractivity contribution in [2.45, 2.75) is 6.42 Å². The van der Waals surface area contributed by atoms with E-state index in [2.05, 4.69) is 0 Å². The van der Waals surface area contributed by atoms with Crippen LogP contribution in [0.2, 0.25) is 0 Å². The highest BCUT2D eigenvalue weighted by atomic mass is 16.5. The van der Waals surface area contributed by atoms with Crippen LogP contribution in [0.3, 0.4) is 0 Å². The summed E-state index contributed by atoms with van der Waals surface area (Å²) in [7, 11) is 0. The Hall–Kier alpha value is -2.04. The molecule has 2 aromatic rings. The molecule has 1 aliphatic carbocycles. The Kier molecular flexibility index (Phi) is 2.24. The summed E-state index contributed by atoms with van der Waals surface area (Å²) in [6.45, 7) is 0. The molecule has 17 heavy (non-hydrogen) atoms. The van der Waals surface area contributed by atoms with Gasteiger partial charge in [0.15, 0.2) is 0 Å². The van der Waals surface area contributed by atoms with E-state index >= 15 is 0 Å². The molecule has 0 atom stereocenters. The molecule has 0 fully saturated rings. The van der Waals surface area contributed by atoms with Crippen molar-refractivity contribution in [2.24, 2.45) is 0 Å². The first-order valence-electron chi connectivity index (χ1n) is 5.34. The molecule has 0 saturated heterocycles. The van der Waals surface area contributed by atoms with Gasteiger partial charge in [0.1, 0.15) is 0 Å². The number of fused-ring (bicyclic) bond motifs is 3. The first-order valence-corrected chi connectivity index (χ1v) is 5.34. The summed E-state index contributed by atoms with van der Waals surface area (Å²) in [5.41, 5.74) is 9.42. The van der Waals surface area contributed by atoms with Gasteiger partial charge in [0.25, 0.3) is 0 Å². The van der Waals surface area contributed by atoms with Crippen LogP contribution >= 0.6 is 0 Å². The van der Waals surface area contributed by atoms with Gasteiger partial charge in [0.2, 0.25) is 0 Å². The van der Waals surface area contributed by atoms with Gasteiger partial charge in [0, 0.05) is 0 Å². The minimum absolute atomic E-state index is 0.568. The Labute approximate surface area is 98.4 Å². The van der Waals surface area contributed by atoms with Crippen LogP contribution in [0.25, 0.3) is 11.1 Å². The molecule has 0 aliphatic heterocycles. The summed E-state index contributed by atoms with van der Waals surface area (Å²) in [5.74, 6) is 0. The highest BCUT2D eigenvalue weighted by Gasteiger charge is 2.18. The van der Waals surface area contributed by atoms with Gasteiger partial charge in [-0.3, -0.25) is 0 Å². The smallest absolute Gasteiger partial charge is 0.0638 e. The fourth-order valence-corrected chi connectivity index (χ4v) is 2.34. The lowest BCUT2D eigenvalue weighted by molar-refractivity contribution is 0.274. The number of nitrogens with one attached hydrogen (secondary N) is 2. The zero-order valence-corrected chi connectivity index (χ0v) is 8.99. The largest absolute Gasteiger partial charge is 0.233 e. The van der Waals surface area contributed by atoms with Crippen molar-refractivity contribution in [1.29, 1.82) is 0 Å². The van der Waals surface area contributed by atoms with E-state index in [1.54, 1.807) is 12.1 Å². The normalized spacial score (nSPS) is 11.9. The summed E-state index contributed by atoms with van der Waals surface area (Å²) in [6, 6.07) is 11.1. The maximum atomic E-state index is 10.6. The van der Waals surface area contributed by atoms with Gasteiger partial charge in [-0.2, -0.15) is 0 Å². The molecule has 4 heteroatoms. The molecule has 1 aliphatic rings. The van der Waals surface area contributed by atoms with E-state index in [1.165, 1.54) is 0 Å². The monoisotopic (exact) mass is 226 g/mol. The van der Waals surface area contributed by atoms with Crippen molar-refractivity contribution in [2.75, 3.05) is 11.0 Å². The summed E-state index contributed by atoms with van der Waals surface area (Å²) < 4.78 is 0. The molecule has 4 nitrogen and oxygen atoms in total. The van der Waals surface area contributed by atoms with Crippen LogP contribution in [0.15, 0.2) is 36.4 Å². The number of hydrogen-bond acceptors (Lipinski definition) is 2. The van der Waals surface area contributed by atoms with Crippen LogP contribution in [-0.2, 0) is 16.8 Å². The number of rotatable bonds is 2. The van der Waals surface area contributed by atoms with E-state index in [9.17, 15) is 10.4 Å². The minimum Gasteiger partial charge on any atom is -0.233 e. The van der Waals surface area contributed by atoms with Crippen LogP contribution in [0.4, 0.5) is 11.4 Å². The van der Waals surface area contributed by atoms with Crippen molar-refractivity contribution in [3.8, 4) is 11.1 Å². The first kappa shape index (κ1) is 10.1. The second-order valence-electron chi connectivity index (χ2n) is 4.12. The quantitative estimate of drug-likeness (QED) is 0.660. The Morgan fingerprint density at radius 1 is 0.765 bits per heavy atom. The van der Waals surface area contributed by atoms with E-state index in [0.29, 0.717) is 11.4 Å². The lowest BCUT2D eigenvalue weighted by Gasteiger charge is -2.03. The number of benzene rings is 2. The predicted molar refractivity (Wildman–Crippen MR) is 63.3 cm³/mol. The summed E-state index contributed by atoms with van der Waals surface area (Å²) in [6.07, 6.45) is 0.760. The number of hydrogen-bond donors (Lipinski definition) is 2. The Morgan fingerprint density at radius 3 is 1.65 bits per heavy atom. The molecule has 0 amide bonds. The third-order valence-corrected chi connectivity index (χ3v) is 3.12. The van der Waals surface area contributed by atoms with E-state index in [1.807, 2.05) is 35.2 Å². The van der Waals surface area contributed by atoms with Crippen LogP contribution < -0.4 is 11.0 Å². The Bertz CT molecular complexity index is 530. The molecule has 0 bridgehead atoms. The standard InChI is InChI=1S/C13H10N2O2/c16-14-10-1-3-12-8(6-10)5-9-7-11(15-17)2-4-13(9)12/h1-4,6-7,14-15H,5H2. The summed E-state index contributed by atoms with van der Waals surface area (Å²) in [4.78, 5) is 0. The fraction of sp³-hybridized carbons (Fsp3) is 0.0769. The van der Waals surface area contributed by atoms with Crippen molar-refractivity contribution < 1.29 is 10.4 Å². The second kappa shape index (κ2) is 3.76. The van der Waals surface area contributed by atoms with E-state index < -0.39 is 0 Å². The molecular weight excluding hydrogens is 216 g/mol. The lowest BCUT2D eigenvalue weighted by atomic mass is 10.1. The Balaban J connectivity index is 2.10. The molecule has 0 aromatic heterocycles. The van der Waals surface area contributed by atoms with Crippen molar-refractivity contribution in [1.82, 2.24) is 0 Å². The van der Waals surface area contributed by atoms with Gasteiger partial charge in [-0.25, -0.2) is 11.0 Å². The minimum atomic E-state index is 0.568. The lowest BCUT2D eigenvalue weighted by Crippen LogP contribution is -1.89. The van der Waals surface area contributed by atoms with Crippen LogP contribution in [0, 0.1) is 0 Å². The van der Waals surface area contributed by atoms with Gasteiger partial charge < -0.3 is 0 Å². The van der Waals surface area contributed by atoms with E-state index in [4.69, 9.17) is 0 Å². The van der Waals surface area contributed by atoms with Gasteiger partial charge in [-0.15, -0.1) is 0 Å². The molecule has 84 valence electrons. The molecule has 0 unspecified atom stereocenters. The van der Waals surface area contributed by atoms with E-state index in [-0.39, 0.29) is 0 Å². The predicted octanol–water partition coefficient (Wildman–Crippen LogP) is 2.77. The van der Waals surface area contributed by atoms with Crippen molar-refractivity contribution >= 4 is 11.4 Å². The molecule has 2 radical (unpaired) electrons. The average Bonchev–Trinajstić information content (AvgIpc) is 2.74. The maximum absolute atomic E-state index is 10.6. The highest BCUT2D eigenvalue weighted by Crippen LogP contribution is 2.38. The second-order valence-corrected chi connectivity index (χ2v) is 4.12. The Morgan fingerprint density at radius 2 is 1.24 bits per heavy atom. The average molecular weight is 226 g/mol. The van der Waals surface area contributed by atoms with E-state index in [0.717, 1.165) is 28.7 Å². The molecule has 0 saturated carbocycles. The molecule has 2 N–H and O–H groups in total. The fourth-order valence-electron chi connectivity index (χ4n) is 2.34. The highest BCUT2D eigenvalue weighted by molar-refractivity contribution is 5.80. The third-order valence-electron chi connectivity index (χ3n) is 3.12. The van der Waals surface area contributed by atoms with Crippen LogP contribution in [0.1, 0.15) is 11.1 Å². The topological polar surface area (TPSA) is 63.9 Å². The SMILES string of the molecule is [O]Nc1ccc2c(c1)Cc1cc(N[O])ccc1-2. The zero-order chi connectivity index (χ0) is 11.8. The molecule has 3 rings (SSSR count). The van der Waals surface area contributed by atoms with Crippen molar-refractivity contribution in [3.63, 3.8) is 0 Å². The summed E-state index contributed by atoms with van der Waals surface area (Å²) in [5, 5.41) is 21.2. The number of anilines is 2. The molecule has 0 heterocycles. The summed E-state index contributed by atoms with van der Waals surface area (Å²) >= 11 is 0. The van der Waals surface area contributed by atoms with Crippen LogP contribution in [0.5, 0.6) is 0 Å². The maximum Gasteiger partial charge on any atom is 0.0638 e. The molecule has 0 spiro atoms. The third kappa shape index (κ3) is 1.54. The van der Waals surface area contributed by atoms with Crippen molar-refractivity contribution in [3.05, 3.63) is 47.5 Å². The van der Waals surface area contributed by atoms with Gasteiger partial charge >= 0.3 is 0 Å². The molecular formula is C13H10N2O2. The zero-order valence-electron chi connectivity index (χ0n) is 8.99. The van der Waals surface area contributed by atoms with Gasteiger partial charge in [0.05, 0.1) is 11.4 Å². The van der Waals surface area contributed by atoms with Gasteiger partial charge in [-0.05, 0) is 52.9 Å².